The standard InChI is InChI=1S/C14H11BrN6O/c1-9-5-18-12(6-17-9)14(22)20-11-4-10(15)2-3-13(11)21-8-16-7-19-21/h2-8H,1H3,(H,20,22). The van der Waals surface area contributed by atoms with E-state index < -0.39 is 0 Å². The van der Waals surface area contributed by atoms with Gasteiger partial charge in [0.25, 0.3) is 5.91 Å². The van der Waals surface area contributed by atoms with Gasteiger partial charge in [0.1, 0.15) is 18.3 Å². The van der Waals surface area contributed by atoms with Crippen LogP contribution in [-0.2, 0) is 0 Å². The molecule has 0 fully saturated rings. The minimum absolute atomic E-state index is 0.245. The monoisotopic (exact) mass is 358 g/mol. The smallest absolute Gasteiger partial charge is 0.275 e. The number of nitrogens with zero attached hydrogens (tertiary/aromatic N) is 5. The molecule has 1 N–H and O–H groups in total. The molecule has 0 radical (unpaired) electrons. The summed E-state index contributed by atoms with van der Waals surface area (Å²) in [6.07, 6.45) is 5.98. The largest absolute Gasteiger partial charge is 0.319 e. The normalized spacial score (nSPS) is 10.5. The summed E-state index contributed by atoms with van der Waals surface area (Å²) in [5.41, 5.74) is 2.29. The first-order chi connectivity index (χ1) is 10.6. The average molecular weight is 359 g/mol. The Balaban J connectivity index is 1.93. The predicted molar refractivity (Wildman–Crippen MR) is 83.8 cm³/mol. The van der Waals surface area contributed by atoms with Gasteiger partial charge in [-0.3, -0.25) is 9.78 Å². The maximum absolute atomic E-state index is 12.3. The van der Waals surface area contributed by atoms with Crippen molar-refractivity contribution in [1.29, 1.82) is 0 Å². The topological polar surface area (TPSA) is 85.6 Å². The number of aromatic nitrogens is 5. The van der Waals surface area contributed by atoms with Gasteiger partial charge in [-0.15, -0.1) is 0 Å². The molecular weight excluding hydrogens is 348 g/mol. The summed E-state index contributed by atoms with van der Waals surface area (Å²) >= 11 is 3.39. The Labute approximate surface area is 134 Å². The first-order valence-electron chi connectivity index (χ1n) is 6.38. The van der Waals surface area contributed by atoms with Gasteiger partial charge in [-0.05, 0) is 25.1 Å². The van der Waals surface area contributed by atoms with Gasteiger partial charge in [0.15, 0.2) is 0 Å². The number of anilines is 1. The highest BCUT2D eigenvalue weighted by molar-refractivity contribution is 9.10. The summed E-state index contributed by atoms with van der Waals surface area (Å²) in [7, 11) is 0. The summed E-state index contributed by atoms with van der Waals surface area (Å²) < 4.78 is 2.41. The van der Waals surface area contributed by atoms with Crippen molar-refractivity contribution in [3.8, 4) is 5.69 Å². The molecule has 3 rings (SSSR count). The maximum Gasteiger partial charge on any atom is 0.275 e. The van der Waals surface area contributed by atoms with Crippen molar-refractivity contribution in [2.24, 2.45) is 0 Å². The highest BCUT2D eigenvalue weighted by Crippen LogP contribution is 2.24. The lowest BCUT2D eigenvalue weighted by molar-refractivity contribution is 0.102. The highest BCUT2D eigenvalue weighted by atomic mass is 79.9. The zero-order valence-electron chi connectivity index (χ0n) is 11.6. The lowest BCUT2D eigenvalue weighted by Gasteiger charge is -2.11. The number of benzene rings is 1. The fourth-order valence-corrected chi connectivity index (χ4v) is 2.20. The average Bonchev–Trinajstić information content (AvgIpc) is 3.02. The van der Waals surface area contributed by atoms with Crippen molar-refractivity contribution < 1.29 is 4.79 Å². The number of aryl methyl sites for hydroxylation is 1. The van der Waals surface area contributed by atoms with E-state index in [1.165, 1.54) is 12.5 Å². The lowest BCUT2D eigenvalue weighted by atomic mass is 10.2. The maximum atomic E-state index is 12.3. The molecule has 2 aromatic heterocycles. The molecule has 0 aliphatic carbocycles. The molecular formula is C14H11BrN6O. The van der Waals surface area contributed by atoms with E-state index >= 15 is 0 Å². The van der Waals surface area contributed by atoms with Crippen molar-refractivity contribution in [3.05, 3.63) is 59.1 Å². The third-order valence-electron chi connectivity index (χ3n) is 2.89. The van der Waals surface area contributed by atoms with Crippen LogP contribution in [0, 0.1) is 6.92 Å². The van der Waals surface area contributed by atoms with Crippen LogP contribution in [0.2, 0.25) is 0 Å². The summed E-state index contributed by atoms with van der Waals surface area (Å²) in [5.74, 6) is -0.341. The first-order valence-corrected chi connectivity index (χ1v) is 7.17. The number of carbonyl (C=O) groups is 1. The second-order valence-electron chi connectivity index (χ2n) is 4.50. The molecule has 22 heavy (non-hydrogen) atoms. The van der Waals surface area contributed by atoms with Gasteiger partial charge in [0.2, 0.25) is 0 Å². The van der Waals surface area contributed by atoms with Crippen molar-refractivity contribution in [2.45, 2.75) is 6.92 Å². The summed E-state index contributed by atoms with van der Waals surface area (Å²) in [5, 5.41) is 6.89. The molecule has 0 atom stereocenters. The van der Waals surface area contributed by atoms with Gasteiger partial charge in [0, 0.05) is 10.7 Å². The number of carbonyl (C=O) groups excluding carboxylic acids is 1. The molecule has 0 aliphatic rings. The van der Waals surface area contributed by atoms with Gasteiger partial charge < -0.3 is 5.32 Å². The fourth-order valence-electron chi connectivity index (χ4n) is 1.84. The van der Waals surface area contributed by atoms with E-state index in [-0.39, 0.29) is 11.6 Å². The Kier molecular flexibility index (Phi) is 3.92. The van der Waals surface area contributed by atoms with E-state index in [9.17, 15) is 4.79 Å². The summed E-state index contributed by atoms with van der Waals surface area (Å²) in [4.78, 5) is 24.3. The first kappa shape index (κ1) is 14.3. The van der Waals surface area contributed by atoms with Gasteiger partial charge in [-0.1, -0.05) is 15.9 Å². The van der Waals surface area contributed by atoms with Crippen LogP contribution in [0.4, 0.5) is 5.69 Å². The molecule has 0 saturated heterocycles. The number of rotatable bonds is 3. The zero-order valence-corrected chi connectivity index (χ0v) is 13.1. The highest BCUT2D eigenvalue weighted by Gasteiger charge is 2.12. The van der Waals surface area contributed by atoms with Crippen molar-refractivity contribution >= 4 is 27.5 Å². The predicted octanol–water partition coefficient (Wildman–Crippen LogP) is 2.38. The zero-order chi connectivity index (χ0) is 15.5. The van der Waals surface area contributed by atoms with E-state index in [2.05, 4.69) is 41.3 Å². The molecule has 8 heteroatoms. The number of amides is 1. The van der Waals surface area contributed by atoms with Crippen LogP contribution in [0.1, 0.15) is 16.2 Å². The second-order valence-corrected chi connectivity index (χ2v) is 5.41. The number of hydrogen-bond donors (Lipinski definition) is 1. The number of hydrogen-bond acceptors (Lipinski definition) is 5. The molecule has 2 heterocycles. The Hall–Kier alpha value is -2.61. The fraction of sp³-hybridized carbons (Fsp3) is 0.0714. The van der Waals surface area contributed by atoms with Gasteiger partial charge in [-0.25, -0.2) is 14.6 Å². The minimum Gasteiger partial charge on any atom is -0.319 e. The Morgan fingerprint density at radius 2 is 2.14 bits per heavy atom. The van der Waals surface area contributed by atoms with Crippen LogP contribution < -0.4 is 5.32 Å². The van der Waals surface area contributed by atoms with Crippen LogP contribution in [0.15, 0.2) is 47.7 Å². The van der Waals surface area contributed by atoms with Gasteiger partial charge in [0.05, 0.1) is 23.3 Å². The van der Waals surface area contributed by atoms with Crippen molar-refractivity contribution in [2.75, 3.05) is 5.32 Å². The van der Waals surface area contributed by atoms with Gasteiger partial charge in [-0.2, -0.15) is 5.10 Å². The van der Waals surface area contributed by atoms with Crippen LogP contribution in [0.5, 0.6) is 0 Å². The second kappa shape index (κ2) is 6.02. The van der Waals surface area contributed by atoms with Crippen LogP contribution in [0.3, 0.4) is 0 Å². The third-order valence-corrected chi connectivity index (χ3v) is 3.38. The van der Waals surface area contributed by atoms with E-state index in [4.69, 9.17) is 0 Å². The Bertz CT molecular complexity index is 801. The van der Waals surface area contributed by atoms with Gasteiger partial charge >= 0.3 is 0 Å². The molecule has 1 aromatic carbocycles. The van der Waals surface area contributed by atoms with Crippen LogP contribution >= 0.6 is 15.9 Å². The molecule has 0 saturated carbocycles. The SMILES string of the molecule is Cc1cnc(C(=O)Nc2cc(Br)ccc2-n2cncn2)cn1. The molecule has 0 bridgehead atoms. The van der Waals surface area contributed by atoms with Crippen molar-refractivity contribution in [3.63, 3.8) is 0 Å². The van der Waals surface area contributed by atoms with E-state index in [0.717, 1.165) is 10.2 Å². The molecule has 0 spiro atoms. The van der Waals surface area contributed by atoms with E-state index in [1.54, 1.807) is 23.3 Å². The molecule has 0 aliphatic heterocycles. The molecule has 1 amide bonds. The van der Waals surface area contributed by atoms with Crippen LogP contribution in [-0.4, -0.2) is 30.6 Å². The summed E-state index contributed by atoms with van der Waals surface area (Å²) in [6, 6.07) is 5.48. The molecule has 7 nitrogen and oxygen atoms in total. The molecule has 3 aromatic rings. The Morgan fingerprint density at radius 1 is 1.27 bits per heavy atom. The van der Waals surface area contributed by atoms with Crippen molar-refractivity contribution in [1.82, 2.24) is 24.7 Å². The van der Waals surface area contributed by atoms with E-state index in [1.807, 2.05) is 19.1 Å². The summed E-state index contributed by atoms with van der Waals surface area (Å²) in [6.45, 7) is 1.81. The van der Waals surface area contributed by atoms with E-state index in [0.29, 0.717) is 11.4 Å². The Morgan fingerprint density at radius 3 is 2.82 bits per heavy atom. The lowest BCUT2D eigenvalue weighted by Crippen LogP contribution is -2.16. The van der Waals surface area contributed by atoms with Crippen LogP contribution in [0.25, 0.3) is 5.69 Å². The minimum atomic E-state index is -0.341. The molecule has 110 valence electrons. The number of halogens is 1. The quantitative estimate of drug-likeness (QED) is 0.776. The third kappa shape index (κ3) is 3.01. The number of nitrogens with one attached hydrogen (secondary N) is 1. The molecule has 0 unspecified atom stereocenters.